The Kier molecular flexibility index (Phi) is 4.74. The quantitative estimate of drug-likeness (QED) is 0.766. The van der Waals surface area contributed by atoms with Gasteiger partial charge in [-0.1, -0.05) is 29.9 Å². The minimum atomic E-state index is -0.220. The number of nitrogens with zero attached hydrogens (tertiary/aromatic N) is 3. The van der Waals surface area contributed by atoms with E-state index < -0.39 is 0 Å². The number of likely N-dealkylation sites (tertiary alicyclic amines) is 1. The number of rotatable bonds is 4. The molecular weight excluding hydrogens is 348 g/mol. The van der Waals surface area contributed by atoms with Crippen LogP contribution >= 0.6 is 11.3 Å². The van der Waals surface area contributed by atoms with E-state index in [2.05, 4.69) is 22.1 Å². The highest BCUT2D eigenvalue weighted by molar-refractivity contribution is 7.18. The largest absolute Gasteiger partial charge is 0.350 e. The molecule has 1 unspecified atom stereocenters. The van der Waals surface area contributed by atoms with E-state index in [1.807, 2.05) is 24.3 Å². The van der Waals surface area contributed by atoms with Crippen molar-refractivity contribution in [1.29, 1.82) is 0 Å². The maximum absolute atomic E-state index is 12.5. The lowest BCUT2D eigenvalue weighted by Gasteiger charge is -2.33. The minimum Gasteiger partial charge on any atom is -0.350 e. The van der Waals surface area contributed by atoms with E-state index in [1.54, 1.807) is 4.40 Å². The molecule has 1 saturated heterocycles. The first-order chi connectivity index (χ1) is 12.6. The molecule has 3 heterocycles. The molecule has 2 aromatic heterocycles. The number of para-hydroxylation sites is 2. The molecule has 0 saturated carbocycles. The van der Waals surface area contributed by atoms with Crippen molar-refractivity contribution in [1.82, 2.24) is 19.6 Å². The number of amides is 1. The van der Waals surface area contributed by atoms with Crippen LogP contribution in [0.5, 0.6) is 0 Å². The number of benzene rings is 1. The highest BCUT2D eigenvalue weighted by Crippen LogP contribution is 2.19. The Hall–Kier alpha value is -2.25. The molecule has 4 rings (SSSR count). The van der Waals surface area contributed by atoms with Crippen molar-refractivity contribution in [2.24, 2.45) is 0 Å². The summed E-state index contributed by atoms with van der Waals surface area (Å²) in [7, 11) is 0. The summed E-state index contributed by atoms with van der Waals surface area (Å²) in [4.78, 5) is 32.8. The SMILES string of the molecule is CC1CCCCN1CCNC(=O)c1cc(=O)n2c(nc3ccccc32)s1. The summed E-state index contributed by atoms with van der Waals surface area (Å²) < 4.78 is 1.56. The average Bonchev–Trinajstić information content (AvgIpc) is 3.02. The van der Waals surface area contributed by atoms with Crippen LogP contribution in [-0.4, -0.2) is 45.9 Å². The lowest BCUT2D eigenvalue weighted by atomic mass is 10.0. The van der Waals surface area contributed by atoms with Crippen LogP contribution in [0.15, 0.2) is 35.1 Å². The molecule has 26 heavy (non-hydrogen) atoms. The summed E-state index contributed by atoms with van der Waals surface area (Å²) in [5.41, 5.74) is 1.31. The van der Waals surface area contributed by atoms with Crippen LogP contribution in [0.2, 0.25) is 0 Å². The number of fused-ring (bicyclic) bond motifs is 3. The fraction of sp³-hybridized carbons (Fsp3) is 0.421. The van der Waals surface area contributed by atoms with Gasteiger partial charge in [0, 0.05) is 25.2 Å². The number of nitrogens with one attached hydrogen (secondary N) is 1. The first-order valence-electron chi connectivity index (χ1n) is 9.07. The molecule has 3 aromatic rings. The third-order valence-corrected chi connectivity index (χ3v) is 6.03. The molecule has 0 spiro atoms. The van der Waals surface area contributed by atoms with E-state index in [0.29, 0.717) is 22.4 Å². The van der Waals surface area contributed by atoms with Crippen molar-refractivity contribution in [3.63, 3.8) is 0 Å². The zero-order valence-electron chi connectivity index (χ0n) is 14.8. The summed E-state index contributed by atoms with van der Waals surface area (Å²) in [5, 5.41) is 2.95. The Morgan fingerprint density at radius 1 is 1.35 bits per heavy atom. The van der Waals surface area contributed by atoms with Gasteiger partial charge in [-0.3, -0.25) is 18.9 Å². The van der Waals surface area contributed by atoms with Gasteiger partial charge in [0.25, 0.3) is 11.5 Å². The predicted octanol–water partition coefficient (Wildman–Crippen LogP) is 2.51. The maximum atomic E-state index is 12.5. The molecular formula is C19H22N4O2S. The molecule has 7 heteroatoms. The van der Waals surface area contributed by atoms with Crippen molar-refractivity contribution in [2.75, 3.05) is 19.6 Å². The Bertz CT molecular complexity index is 1010. The number of carbonyl (C=O) groups excluding carboxylic acids is 1. The highest BCUT2D eigenvalue weighted by Gasteiger charge is 2.18. The Morgan fingerprint density at radius 2 is 2.19 bits per heavy atom. The molecule has 0 bridgehead atoms. The van der Waals surface area contributed by atoms with Gasteiger partial charge in [0.05, 0.1) is 11.0 Å². The Labute approximate surface area is 155 Å². The second kappa shape index (κ2) is 7.17. The van der Waals surface area contributed by atoms with Crippen molar-refractivity contribution < 1.29 is 4.79 Å². The summed E-state index contributed by atoms with van der Waals surface area (Å²) in [6.07, 6.45) is 3.74. The van der Waals surface area contributed by atoms with E-state index in [4.69, 9.17) is 0 Å². The molecule has 1 aliphatic rings. The van der Waals surface area contributed by atoms with Crippen LogP contribution in [0, 0.1) is 0 Å². The summed E-state index contributed by atoms with van der Waals surface area (Å²) in [5.74, 6) is -0.202. The monoisotopic (exact) mass is 370 g/mol. The first kappa shape index (κ1) is 17.2. The van der Waals surface area contributed by atoms with Gasteiger partial charge in [-0.2, -0.15) is 0 Å². The standard InChI is InChI=1S/C19H22N4O2S/c1-13-6-4-5-10-22(13)11-9-20-18(25)16-12-17(24)23-15-8-3-2-7-14(15)21-19(23)26-16/h2-3,7-8,12-13H,4-6,9-11H2,1H3,(H,20,25). The van der Waals surface area contributed by atoms with Crippen LogP contribution in [0.3, 0.4) is 0 Å². The van der Waals surface area contributed by atoms with Crippen LogP contribution in [-0.2, 0) is 0 Å². The van der Waals surface area contributed by atoms with E-state index >= 15 is 0 Å². The van der Waals surface area contributed by atoms with Gasteiger partial charge in [0.15, 0.2) is 4.96 Å². The number of imidazole rings is 1. The summed E-state index contributed by atoms with van der Waals surface area (Å²) >= 11 is 1.25. The summed E-state index contributed by atoms with van der Waals surface area (Å²) in [6.45, 7) is 4.77. The van der Waals surface area contributed by atoms with Gasteiger partial charge in [0.1, 0.15) is 4.88 Å². The van der Waals surface area contributed by atoms with Crippen molar-refractivity contribution in [2.45, 2.75) is 32.2 Å². The molecule has 0 aliphatic carbocycles. The maximum Gasteiger partial charge on any atom is 0.261 e. The van der Waals surface area contributed by atoms with Crippen LogP contribution < -0.4 is 10.9 Å². The zero-order chi connectivity index (χ0) is 18.1. The van der Waals surface area contributed by atoms with Gasteiger partial charge in [-0.15, -0.1) is 0 Å². The molecule has 1 atom stereocenters. The predicted molar refractivity (Wildman–Crippen MR) is 104 cm³/mol. The number of aromatic nitrogens is 2. The fourth-order valence-electron chi connectivity index (χ4n) is 3.59. The molecule has 1 aliphatic heterocycles. The van der Waals surface area contributed by atoms with Crippen LogP contribution in [0.4, 0.5) is 0 Å². The lowest BCUT2D eigenvalue weighted by Crippen LogP contribution is -2.42. The molecule has 136 valence electrons. The van der Waals surface area contributed by atoms with Crippen molar-refractivity contribution in [3.05, 3.63) is 45.6 Å². The van der Waals surface area contributed by atoms with E-state index in [1.165, 1.54) is 36.7 Å². The van der Waals surface area contributed by atoms with Gasteiger partial charge in [0.2, 0.25) is 0 Å². The first-order valence-corrected chi connectivity index (χ1v) is 9.89. The summed E-state index contributed by atoms with van der Waals surface area (Å²) in [6, 6.07) is 9.48. The number of hydrogen-bond donors (Lipinski definition) is 1. The fourth-order valence-corrected chi connectivity index (χ4v) is 4.54. The zero-order valence-corrected chi connectivity index (χ0v) is 15.6. The van der Waals surface area contributed by atoms with Crippen LogP contribution in [0.25, 0.3) is 16.0 Å². The number of piperidine rings is 1. The molecule has 6 nitrogen and oxygen atoms in total. The smallest absolute Gasteiger partial charge is 0.261 e. The Morgan fingerprint density at radius 3 is 3.04 bits per heavy atom. The molecule has 1 N–H and O–H groups in total. The third kappa shape index (κ3) is 3.24. The third-order valence-electron chi connectivity index (χ3n) is 5.06. The number of carbonyl (C=O) groups is 1. The van der Waals surface area contributed by atoms with Crippen molar-refractivity contribution in [3.8, 4) is 0 Å². The number of hydrogen-bond acceptors (Lipinski definition) is 5. The lowest BCUT2D eigenvalue weighted by molar-refractivity contribution is 0.0942. The topological polar surface area (TPSA) is 66.7 Å². The normalized spacial score (nSPS) is 18.4. The van der Waals surface area contributed by atoms with E-state index in [-0.39, 0.29) is 11.5 Å². The van der Waals surface area contributed by atoms with E-state index in [0.717, 1.165) is 24.1 Å². The van der Waals surface area contributed by atoms with Gasteiger partial charge in [-0.05, 0) is 38.4 Å². The average molecular weight is 370 g/mol. The van der Waals surface area contributed by atoms with Gasteiger partial charge < -0.3 is 5.32 Å². The molecule has 1 amide bonds. The second-order valence-corrected chi connectivity index (χ2v) is 7.81. The highest BCUT2D eigenvalue weighted by atomic mass is 32.1. The van der Waals surface area contributed by atoms with E-state index in [9.17, 15) is 9.59 Å². The minimum absolute atomic E-state index is 0.202. The molecule has 1 fully saturated rings. The van der Waals surface area contributed by atoms with Gasteiger partial charge in [-0.25, -0.2) is 4.98 Å². The molecule has 1 aromatic carbocycles. The van der Waals surface area contributed by atoms with Gasteiger partial charge >= 0.3 is 0 Å². The van der Waals surface area contributed by atoms with Crippen molar-refractivity contribution >= 4 is 33.2 Å². The Balaban J connectivity index is 1.50. The van der Waals surface area contributed by atoms with Crippen LogP contribution in [0.1, 0.15) is 35.9 Å². The molecule has 0 radical (unpaired) electrons. The second-order valence-electron chi connectivity index (χ2n) is 6.80.